The largest absolute Gasteiger partial charge is 0.412 e. The van der Waals surface area contributed by atoms with Crippen LogP contribution in [-0.4, -0.2) is 21.2 Å². The minimum atomic E-state index is -0.468. The summed E-state index contributed by atoms with van der Waals surface area (Å²) in [7, 11) is 0. The van der Waals surface area contributed by atoms with E-state index in [1.165, 1.54) is 11.3 Å². The highest BCUT2D eigenvalue weighted by Crippen LogP contribution is 2.45. The second-order valence-electron chi connectivity index (χ2n) is 6.35. The zero-order valence-corrected chi connectivity index (χ0v) is 14.2. The smallest absolute Gasteiger partial charge is 0.280 e. The monoisotopic (exact) mass is 320 g/mol. The molecule has 3 rings (SSSR count). The van der Waals surface area contributed by atoms with Gasteiger partial charge in [0.2, 0.25) is 12.2 Å². The number of hydrogen-bond acceptors (Lipinski definition) is 6. The number of rotatable bonds is 3. The van der Waals surface area contributed by atoms with Crippen molar-refractivity contribution >= 4 is 11.3 Å². The maximum absolute atomic E-state index is 5.98. The summed E-state index contributed by atoms with van der Waals surface area (Å²) in [4.78, 5) is 8.76. The van der Waals surface area contributed by atoms with Crippen LogP contribution in [-0.2, 0) is 9.47 Å². The van der Waals surface area contributed by atoms with Gasteiger partial charge in [0.25, 0.3) is 5.19 Å². The van der Waals surface area contributed by atoms with E-state index in [1.807, 2.05) is 58.2 Å². The van der Waals surface area contributed by atoms with Crippen LogP contribution < -0.4 is 4.74 Å². The van der Waals surface area contributed by atoms with E-state index in [4.69, 9.17) is 14.2 Å². The van der Waals surface area contributed by atoms with Gasteiger partial charge in [-0.15, -0.1) is 0 Å². The first-order valence-corrected chi connectivity index (χ1v) is 8.07. The van der Waals surface area contributed by atoms with Crippen molar-refractivity contribution < 1.29 is 14.2 Å². The molecule has 0 aliphatic carbocycles. The third kappa shape index (κ3) is 2.86. The van der Waals surface area contributed by atoms with E-state index in [0.29, 0.717) is 11.1 Å². The molecule has 22 heavy (non-hydrogen) atoms. The number of aryl methyl sites for hydroxylation is 1. The quantitative estimate of drug-likeness (QED) is 0.846. The first kappa shape index (κ1) is 15.4. The Morgan fingerprint density at radius 1 is 1.09 bits per heavy atom. The first-order valence-electron chi connectivity index (χ1n) is 7.19. The molecule has 5 nitrogen and oxygen atoms in total. The highest BCUT2D eigenvalue weighted by Gasteiger charge is 2.50. The third-order valence-electron chi connectivity index (χ3n) is 4.05. The van der Waals surface area contributed by atoms with Crippen LogP contribution in [0.2, 0.25) is 0 Å². The minimum Gasteiger partial charge on any atom is -0.412 e. The summed E-state index contributed by atoms with van der Waals surface area (Å²) in [6.45, 7) is 10.0. The normalized spacial score (nSPS) is 20.2. The molecular weight excluding hydrogens is 300 g/mol. The predicted molar refractivity (Wildman–Crippen MR) is 84.2 cm³/mol. The van der Waals surface area contributed by atoms with Gasteiger partial charge >= 0.3 is 0 Å². The highest BCUT2D eigenvalue weighted by atomic mass is 32.1. The summed E-state index contributed by atoms with van der Waals surface area (Å²) in [5.41, 5.74) is 0.882. The Morgan fingerprint density at radius 2 is 1.77 bits per heavy atom. The fraction of sp³-hybridized carbons (Fsp3) is 0.500. The van der Waals surface area contributed by atoms with Crippen molar-refractivity contribution in [3.63, 3.8) is 0 Å². The Kier molecular flexibility index (Phi) is 3.71. The number of aromatic nitrogens is 2. The zero-order valence-electron chi connectivity index (χ0n) is 13.4. The molecule has 6 heteroatoms. The number of ether oxygens (including phenoxy) is 3. The molecule has 1 aliphatic heterocycles. The SMILES string of the molecule is Cc1cccc(Oc2nc(C3OC(C)(C)C(C)(C)O3)cs2)n1. The average molecular weight is 320 g/mol. The lowest BCUT2D eigenvalue weighted by atomic mass is 9.90. The summed E-state index contributed by atoms with van der Waals surface area (Å²) in [6, 6.07) is 5.63. The van der Waals surface area contributed by atoms with Crippen molar-refractivity contribution in [1.82, 2.24) is 9.97 Å². The van der Waals surface area contributed by atoms with Crippen molar-refractivity contribution in [3.8, 4) is 11.1 Å². The van der Waals surface area contributed by atoms with Gasteiger partial charge in [0.1, 0.15) is 5.69 Å². The fourth-order valence-corrected chi connectivity index (χ4v) is 2.73. The first-order chi connectivity index (χ1) is 10.3. The third-order valence-corrected chi connectivity index (χ3v) is 4.79. The van der Waals surface area contributed by atoms with Crippen LogP contribution in [0.4, 0.5) is 0 Å². The Bertz CT molecular complexity index is 666. The maximum atomic E-state index is 5.98. The van der Waals surface area contributed by atoms with Gasteiger partial charge in [0.05, 0.1) is 11.2 Å². The summed E-state index contributed by atoms with van der Waals surface area (Å²) in [5.74, 6) is 0.537. The molecule has 0 saturated carbocycles. The van der Waals surface area contributed by atoms with E-state index >= 15 is 0 Å². The summed E-state index contributed by atoms with van der Waals surface area (Å²) in [5, 5.41) is 2.43. The van der Waals surface area contributed by atoms with Crippen LogP contribution in [0.25, 0.3) is 0 Å². The molecule has 0 N–H and O–H groups in total. The number of thiazole rings is 1. The average Bonchev–Trinajstić information content (AvgIpc) is 2.93. The van der Waals surface area contributed by atoms with Crippen LogP contribution in [0, 0.1) is 6.92 Å². The molecule has 0 radical (unpaired) electrons. The van der Waals surface area contributed by atoms with Gasteiger partial charge < -0.3 is 14.2 Å². The maximum Gasteiger partial charge on any atom is 0.280 e. The van der Waals surface area contributed by atoms with Crippen LogP contribution in [0.3, 0.4) is 0 Å². The molecule has 1 aliphatic rings. The van der Waals surface area contributed by atoms with Crippen LogP contribution in [0.5, 0.6) is 11.1 Å². The van der Waals surface area contributed by atoms with Gasteiger partial charge in [-0.3, -0.25) is 0 Å². The summed E-state index contributed by atoms with van der Waals surface area (Å²) >= 11 is 1.40. The standard InChI is InChI=1S/C16H20N2O3S/c1-10-7-6-8-12(17-10)19-14-18-11(9-22-14)13-20-15(2,3)16(4,5)21-13/h6-9,13H,1-5H3. The Labute approximate surface area is 134 Å². The molecular formula is C16H20N2O3S. The van der Waals surface area contributed by atoms with Crippen LogP contribution in [0.15, 0.2) is 23.6 Å². The lowest BCUT2D eigenvalue weighted by Crippen LogP contribution is -2.41. The summed E-state index contributed by atoms with van der Waals surface area (Å²) < 4.78 is 17.7. The molecule has 1 saturated heterocycles. The van der Waals surface area contributed by atoms with E-state index < -0.39 is 6.29 Å². The van der Waals surface area contributed by atoms with Gasteiger partial charge in [0, 0.05) is 17.1 Å². The molecule has 1 fully saturated rings. The van der Waals surface area contributed by atoms with Crippen molar-refractivity contribution in [2.24, 2.45) is 0 Å². The van der Waals surface area contributed by atoms with E-state index in [0.717, 1.165) is 11.4 Å². The van der Waals surface area contributed by atoms with Crippen LogP contribution >= 0.6 is 11.3 Å². The number of pyridine rings is 1. The van der Waals surface area contributed by atoms with Gasteiger partial charge in [-0.2, -0.15) is 0 Å². The van der Waals surface area contributed by atoms with Gasteiger partial charge in [0.15, 0.2) is 0 Å². The van der Waals surface area contributed by atoms with Crippen molar-refractivity contribution in [2.75, 3.05) is 0 Å². The predicted octanol–water partition coefficient (Wildman–Crippen LogP) is 4.24. The molecule has 0 amide bonds. The Morgan fingerprint density at radius 3 is 2.41 bits per heavy atom. The molecule has 0 bridgehead atoms. The fourth-order valence-electron chi connectivity index (χ4n) is 2.05. The van der Waals surface area contributed by atoms with Crippen molar-refractivity contribution in [1.29, 1.82) is 0 Å². The van der Waals surface area contributed by atoms with E-state index in [1.54, 1.807) is 0 Å². The van der Waals surface area contributed by atoms with Crippen molar-refractivity contribution in [3.05, 3.63) is 35.0 Å². The molecule has 0 unspecified atom stereocenters. The lowest BCUT2D eigenvalue weighted by molar-refractivity contribution is -0.0920. The van der Waals surface area contributed by atoms with E-state index in [-0.39, 0.29) is 11.2 Å². The minimum absolute atomic E-state index is 0.375. The molecule has 0 spiro atoms. The molecule has 0 aromatic carbocycles. The van der Waals surface area contributed by atoms with E-state index in [2.05, 4.69) is 9.97 Å². The second-order valence-corrected chi connectivity index (χ2v) is 7.17. The zero-order chi connectivity index (χ0) is 16.0. The molecule has 0 atom stereocenters. The Hall–Kier alpha value is -1.50. The summed E-state index contributed by atoms with van der Waals surface area (Å²) in [6.07, 6.45) is -0.468. The van der Waals surface area contributed by atoms with Gasteiger partial charge in [-0.25, -0.2) is 9.97 Å². The number of hydrogen-bond donors (Lipinski definition) is 0. The Balaban J connectivity index is 1.75. The highest BCUT2D eigenvalue weighted by molar-refractivity contribution is 7.11. The molecule has 3 heterocycles. The lowest BCUT2D eigenvalue weighted by Gasteiger charge is -2.30. The molecule has 118 valence electrons. The van der Waals surface area contributed by atoms with Crippen molar-refractivity contribution in [2.45, 2.75) is 52.1 Å². The molecule has 2 aromatic rings. The molecule has 2 aromatic heterocycles. The topological polar surface area (TPSA) is 53.5 Å². The van der Waals surface area contributed by atoms with Crippen LogP contribution in [0.1, 0.15) is 45.4 Å². The van der Waals surface area contributed by atoms with Gasteiger partial charge in [-0.05, 0) is 40.7 Å². The second kappa shape index (κ2) is 5.30. The van der Waals surface area contributed by atoms with E-state index in [9.17, 15) is 0 Å². The number of nitrogens with zero attached hydrogens (tertiary/aromatic N) is 2. The van der Waals surface area contributed by atoms with Gasteiger partial charge in [-0.1, -0.05) is 17.4 Å².